The maximum atomic E-state index is 10.8. The average Bonchev–Trinajstić information content (AvgIpc) is 2.56. The summed E-state index contributed by atoms with van der Waals surface area (Å²) in [6.45, 7) is 3.98. The predicted molar refractivity (Wildman–Crippen MR) is 95.5 cm³/mol. The SMILES string of the molecule is Cc1ccc2cc(C)c(NN=Cc3cccc([N+](=O)[O-])c3)nc2c1. The van der Waals surface area contributed by atoms with Crippen molar-refractivity contribution < 1.29 is 4.92 Å². The van der Waals surface area contributed by atoms with E-state index in [0.29, 0.717) is 11.4 Å². The van der Waals surface area contributed by atoms with Gasteiger partial charge in [0.15, 0.2) is 0 Å². The quantitative estimate of drug-likeness (QED) is 0.443. The number of fused-ring (bicyclic) bond motifs is 1. The lowest BCUT2D eigenvalue weighted by Crippen LogP contribution is -1.97. The van der Waals surface area contributed by atoms with Crippen molar-refractivity contribution in [3.05, 3.63) is 75.3 Å². The molecule has 0 radical (unpaired) electrons. The van der Waals surface area contributed by atoms with Crippen LogP contribution in [0.25, 0.3) is 10.9 Å². The van der Waals surface area contributed by atoms with Gasteiger partial charge in [0, 0.05) is 23.1 Å². The van der Waals surface area contributed by atoms with Gasteiger partial charge in [-0.25, -0.2) is 4.98 Å². The van der Waals surface area contributed by atoms with E-state index in [9.17, 15) is 10.1 Å². The van der Waals surface area contributed by atoms with Crippen LogP contribution in [-0.4, -0.2) is 16.1 Å². The van der Waals surface area contributed by atoms with E-state index in [2.05, 4.69) is 21.6 Å². The normalized spacial score (nSPS) is 11.1. The molecule has 6 heteroatoms. The van der Waals surface area contributed by atoms with E-state index >= 15 is 0 Å². The monoisotopic (exact) mass is 320 g/mol. The third-order valence-corrected chi connectivity index (χ3v) is 3.63. The molecule has 1 N–H and O–H groups in total. The Labute approximate surface area is 139 Å². The highest BCUT2D eigenvalue weighted by atomic mass is 16.6. The first-order valence-corrected chi connectivity index (χ1v) is 7.44. The second-order valence-corrected chi connectivity index (χ2v) is 5.57. The maximum absolute atomic E-state index is 10.8. The minimum Gasteiger partial charge on any atom is -0.261 e. The van der Waals surface area contributed by atoms with Crippen LogP contribution < -0.4 is 5.43 Å². The molecule has 0 aliphatic heterocycles. The van der Waals surface area contributed by atoms with Gasteiger partial charge in [0.25, 0.3) is 5.69 Å². The van der Waals surface area contributed by atoms with Crippen LogP contribution >= 0.6 is 0 Å². The van der Waals surface area contributed by atoms with E-state index in [0.717, 1.165) is 22.0 Å². The third kappa shape index (κ3) is 3.38. The van der Waals surface area contributed by atoms with Crippen molar-refractivity contribution in [2.75, 3.05) is 5.43 Å². The molecule has 0 bridgehead atoms. The number of nitrogens with zero attached hydrogens (tertiary/aromatic N) is 3. The van der Waals surface area contributed by atoms with Gasteiger partial charge in [0.2, 0.25) is 0 Å². The van der Waals surface area contributed by atoms with Gasteiger partial charge in [-0.1, -0.05) is 24.3 Å². The number of benzene rings is 2. The zero-order valence-electron chi connectivity index (χ0n) is 13.4. The third-order valence-electron chi connectivity index (χ3n) is 3.63. The molecule has 0 amide bonds. The van der Waals surface area contributed by atoms with Crippen molar-refractivity contribution >= 4 is 28.6 Å². The van der Waals surface area contributed by atoms with Crippen LogP contribution in [0.15, 0.2) is 53.6 Å². The fraction of sp³-hybridized carbons (Fsp3) is 0.111. The summed E-state index contributed by atoms with van der Waals surface area (Å²) in [6, 6.07) is 14.5. The van der Waals surface area contributed by atoms with E-state index in [1.54, 1.807) is 12.1 Å². The lowest BCUT2D eigenvalue weighted by Gasteiger charge is -2.07. The Kier molecular flexibility index (Phi) is 4.20. The molecule has 0 spiro atoms. The van der Waals surface area contributed by atoms with E-state index in [4.69, 9.17) is 0 Å². The van der Waals surface area contributed by atoms with Crippen molar-refractivity contribution in [1.29, 1.82) is 0 Å². The number of aromatic nitrogens is 1. The highest BCUT2D eigenvalue weighted by Crippen LogP contribution is 2.21. The lowest BCUT2D eigenvalue weighted by atomic mass is 10.1. The molecule has 3 rings (SSSR count). The molecule has 2 aromatic carbocycles. The topological polar surface area (TPSA) is 80.4 Å². The molecule has 0 fully saturated rings. The first-order valence-electron chi connectivity index (χ1n) is 7.44. The summed E-state index contributed by atoms with van der Waals surface area (Å²) < 4.78 is 0. The van der Waals surface area contributed by atoms with Gasteiger partial charge >= 0.3 is 0 Å². The molecular weight excluding hydrogens is 304 g/mol. The minimum atomic E-state index is -0.428. The molecule has 0 unspecified atom stereocenters. The molecule has 6 nitrogen and oxygen atoms in total. The number of nitro groups is 1. The number of hydrazone groups is 1. The lowest BCUT2D eigenvalue weighted by molar-refractivity contribution is -0.384. The molecule has 1 aromatic heterocycles. The molecule has 3 aromatic rings. The number of hydrogen-bond acceptors (Lipinski definition) is 5. The van der Waals surface area contributed by atoms with Crippen molar-refractivity contribution in [3.63, 3.8) is 0 Å². The average molecular weight is 320 g/mol. The Morgan fingerprint density at radius 3 is 2.79 bits per heavy atom. The summed E-state index contributed by atoms with van der Waals surface area (Å²) in [7, 11) is 0. The summed E-state index contributed by atoms with van der Waals surface area (Å²) >= 11 is 0. The number of nitrogens with one attached hydrogen (secondary N) is 1. The second-order valence-electron chi connectivity index (χ2n) is 5.57. The number of anilines is 1. The van der Waals surface area contributed by atoms with Crippen LogP contribution in [0.3, 0.4) is 0 Å². The standard InChI is InChI=1S/C18H16N4O2/c1-12-6-7-15-9-13(2)18(20-17(15)8-12)21-19-11-14-4-3-5-16(10-14)22(23)24/h3-11H,1-2H3,(H,20,21). The molecule has 1 heterocycles. The van der Waals surface area contributed by atoms with Gasteiger partial charge < -0.3 is 0 Å². The molecule has 0 aliphatic rings. The highest BCUT2D eigenvalue weighted by molar-refractivity contribution is 5.83. The summed E-state index contributed by atoms with van der Waals surface area (Å²) in [5.74, 6) is 0.662. The summed E-state index contributed by atoms with van der Waals surface area (Å²) in [4.78, 5) is 14.9. The fourth-order valence-corrected chi connectivity index (χ4v) is 2.38. The molecule has 120 valence electrons. The van der Waals surface area contributed by atoms with Crippen molar-refractivity contribution in [2.45, 2.75) is 13.8 Å². The van der Waals surface area contributed by atoms with Gasteiger partial charge in [0.1, 0.15) is 5.82 Å². The first kappa shape index (κ1) is 15.6. The zero-order chi connectivity index (χ0) is 17.1. The van der Waals surface area contributed by atoms with Gasteiger partial charge in [0.05, 0.1) is 16.7 Å². The smallest absolute Gasteiger partial charge is 0.261 e. The van der Waals surface area contributed by atoms with E-state index in [-0.39, 0.29) is 5.69 Å². The second kappa shape index (κ2) is 6.45. The van der Waals surface area contributed by atoms with E-state index in [1.165, 1.54) is 18.3 Å². The van der Waals surface area contributed by atoms with Gasteiger partial charge in [-0.3, -0.25) is 15.5 Å². The summed E-state index contributed by atoms with van der Waals surface area (Å²) in [6.07, 6.45) is 1.54. The van der Waals surface area contributed by atoms with Crippen LogP contribution in [0.2, 0.25) is 0 Å². The molecule has 0 aliphatic carbocycles. The summed E-state index contributed by atoms with van der Waals surface area (Å²) in [5.41, 5.74) is 6.61. The molecule has 0 saturated heterocycles. The first-order chi connectivity index (χ1) is 11.5. The fourth-order valence-electron chi connectivity index (χ4n) is 2.38. The number of hydrogen-bond donors (Lipinski definition) is 1. The van der Waals surface area contributed by atoms with Crippen LogP contribution in [0, 0.1) is 24.0 Å². The number of rotatable bonds is 4. The zero-order valence-corrected chi connectivity index (χ0v) is 13.4. The van der Waals surface area contributed by atoms with Crippen LogP contribution in [-0.2, 0) is 0 Å². The van der Waals surface area contributed by atoms with Crippen LogP contribution in [0.5, 0.6) is 0 Å². The van der Waals surface area contributed by atoms with Crippen molar-refractivity contribution in [2.24, 2.45) is 5.10 Å². The van der Waals surface area contributed by atoms with Crippen LogP contribution in [0.1, 0.15) is 16.7 Å². The van der Waals surface area contributed by atoms with Gasteiger partial charge in [-0.2, -0.15) is 5.10 Å². The van der Waals surface area contributed by atoms with Gasteiger partial charge in [-0.15, -0.1) is 0 Å². The molecule has 0 saturated carbocycles. The molecule has 0 atom stereocenters. The van der Waals surface area contributed by atoms with Gasteiger partial charge in [-0.05, 0) is 37.1 Å². The Hall–Kier alpha value is -3.28. The number of nitro benzene ring substituents is 1. The molecule has 24 heavy (non-hydrogen) atoms. The molecular formula is C18H16N4O2. The van der Waals surface area contributed by atoms with E-state index in [1.807, 2.05) is 32.0 Å². The van der Waals surface area contributed by atoms with E-state index < -0.39 is 4.92 Å². The minimum absolute atomic E-state index is 0.0365. The van der Waals surface area contributed by atoms with Crippen molar-refractivity contribution in [3.8, 4) is 0 Å². The maximum Gasteiger partial charge on any atom is 0.270 e. The summed E-state index contributed by atoms with van der Waals surface area (Å²) in [5, 5.41) is 16.0. The Balaban J connectivity index is 1.83. The number of pyridine rings is 1. The number of aryl methyl sites for hydroxylation is 2. The predicted octanol–water partition coefficient (Wildman–Crippen LogP) is 4.21. The highest BCUT2D eigenvalue weighted by Gasteiger charge is 2.05. The Morgan fingerprint density at radius 1 is 1.17 bits per heavy atom. The van der Waals surface area contributed by atoms with Crippen molar-refractivity contribution in [1.82, 2.24) is 4.98 Å². The number of non-ortho nitro benzene ring substituents is 1. The Morgan fingerprint density at radius 2 is 2.00 bits per heavy atom. The largest absolute Gasteiger partial charge is 0.270 e. The van der Waals surface area contributed by atoms with Crippen LogP contribution in [0.4, 0.5) is 11.5 Å². The Bertz CT molecular complexity index is 951.